The van der Waals surface area contributed by atoms with Crippen molar-refractivity contribution in [3.05, 3.63) is 54.6 Å². The van der Waals surface area contributed by atoms with Gasteiger partial charge in [-0.25, -0.2) is 4.99 Å². The predicted molar refractivity (Wildman–Crippen MR) is 155 cm³/mol. The Kier molecular flexibility index (Phi) is 15.0. The first-order valence-electron chi connectivity index (χ1n) is 12.4. The molecular weight excluding hydrogens is 454 g/mol. The van der Waals surface area contributed by atoms with Gasteiger partial charge in [0.25, 0.3) is 0 Å². The number of hydrogen-bond donors (Lipinski definition) is 1. The summed E-state index contributed by atoms with van der Waals surface area (Å²) >= 11 is 1.85. The number of aryl methyl sites for hydroxylation is 1. The molecule has 6 nitrogen and oxygen atoms in total. The molecule has 1 rings (SSSR count). The van der Waals surface area contributed by atoms with Crippen LogP contribution in [0.25, 0.3) is 0 Å². The summed E-state index contributed by atoms with van der Waals surface area (Å²) in [7, 11) is 4.10. The number of pyridine rings is 1. The fourth-order valence-electron chi connectivity index (χ4n) is 2.95. The van der Waals surface area contributed by atoms with Crippen LogP contribution in [-0.2, 0) is 4.74 Å². The number of nitrogens with zero attached hydrogens (tertiary/aromatic N) is 4. The van der Waals surface area contributed by atoms with Crippen LogP contribution in [0.3, 0.4) is 0 Å². The lowest BCUT2D eigenvalue weighted by Crippen LogP contribution is -2.34. The second-order valence-corrected chi connectivity index (χ2v) is 10.1. The van der Waals surface area contributed by atoms with Gasteiger partial charge in [0.2, 0.25) is 6.35 Å². The number of aromatic nitrogens is 1. The van der Waals surface area contributed by atoms with Crippen LogP contribution in [0.15, 0.2) is 63.8 Å². The molecule has 3 unspecified atom stereocenters. The van der Waals surface area contributed by atoms with E-state index in [-0.39, 0.29) is 6.04 Å². The highest BCUT2D eigenvalue weighted by Gasteiger charge is 2.13. The summed E-state index contributed by atoms with van der Waals surface area (Å²) in [4.78, 5) is 16.9. The second-order valence-electron chi connectivity index (χ2n) is 9.08. The Morgan fingerprint density at radius 2 is 2.03 bits per heavy atom. The lowest BCUT2D eigenvalue weighted by Gasteiger charge is -2.21. The summed E-state index contributed by atoms with van der Waals surface area (Å²) in [6, 6.07) is 2.29. The zero-order chi connectivity index (χ0) is 26.2. The summed E-state index contributed by atoms with van der Waals surface area (Å²) in [6.07, 6.45) is 13.7. The van der Waals surface area contributed by atoms with Gasteiger partial charge >= 0.3 is 0 Å². The number of hydrogen-bond acceptors (Lipinski definition) is 7. The topological polar surface area (TPSA) is 62.1 Å². The minimum absolute atomic E-state index is 0.139. The van der Waals surface area contributed by atoms with Crippen LogP contribution in [0, 0.1) is 18.8 Å². The molecule has 0 fully saturated rings. The van der Waals surface area contributed by atoms with Gasteiger partial charge < -0.3 is 9.64 Å². The highest BCUT2D eigenvalue weighted by Crippen LogP contribution is 2.30. The monoisotopic (exact) mass is 499 g/mol. The van der Waals surface area contributed by atoms with Gasteiger partial charge in [0, 0.05) is 49.4 Å². The first-order valence-corrected chi connectivity index (χ1v) is 13.4. The van der Waals surface area contributed by atoms with Crippen LogP contribution in [0.4, 0.5) is 5.69 Å². The zero-order valence-corrected chi connectivity index (χ0v) is 23.7. The quantitative estimate of drug-likeness (QED) is 0.0951. The number of allylic oxidation sites excluding steroid dienone is 3. The van der Waals surface area contributed by atoms with Crippen molar-refractivity contribution in [1.29, 1.82) is 0 Å². The molecular formula is C28H45N5OS. The predicted octanol–water partition coefficient (Wildman–Crippen LogP) is 6.30. The van der Waals surface area contributed by atoms with E-state index in [1.54, 1.807) is 12.3 Å². The summed E-state index contributed by atoms with van der Waals surface area (Å²) < 4.78 is 6.15. The largest absolute Gasteiger partial charge is 0.456 e. The van der Waals surface area contributed by atoms with E-state index >= 15 is 0 Å². The molecule has 0 aliphatic heterocycles. The molecule has 0 saturated carbocycles. The first kappa shape index (κ1) is 30.7. The van der Waals surface area contributed by atoms with Crippen LogP contribution in [0.5, 0.6) is 0 Å². The number of nitrogens with one attached hydrogen (secondary N) is 1. The third-order valence-corrected chi connectivity index (χ3v) is 6.34. The Balaban J connectivity index is 2.74. The van der Waals surface area contributed by atoms with E-state index in [0.717, 1.165) is 35.9 Å². The molecule has 0 aliphatic carbocycles. The van der Waals surface area contributed by atoms with Gasteiger partial charge in [0.05, 0.1) is 17.9 Å². The van der Waals surface area contributed by atoms with Crippen molar-refractivity contribution in [3.8, 4) is 0 Å². The van der Waals surface area contributed by atoms with Crippen LogP contribution in [0.1, 0.15) is 46.7 Å². The van der Waals surface area contributed by atoms with E-state index in [9.17, 15) is 0 Å². The van der Waals surface area contributed by atoms with Crippen LogP contribution in [0.2, 0.25) is 0 Å². The maximum absolute atomic E-state index is 6.15. The third kappa shape index (κ3) is 12.8. The number of aliphatic imine (C=N–C) groups is 2. The highest BCUT2D eigenvalue weighted by molar-refractivity contribution is 7.99. The third-order valence-electron chi connectivity index (χ3n) is 4.96. The lowest BCUT2D eigenvalue weighted by molar-refractivity contribution is 0.0993. The number of rotatable bonds is 16. The molecule has 7 heteroatoms. The van der Waals surface area contributed by atoms with Crippen LogP contribution in [-0.4, -0.2) is 56.2 Å². The molecule has 0 amide bonds. The normalized spacial score (nSPS) is 15.3. The molecule has 0 spiro atoms. The highest BCUT2D eigenvalue weighted by atomic mass is 32.2. The molecule has 1 N–H and O–H groups in total. The van der Waals surface area contributed by atoms with Crippen molar-refractivity contribution in [2.24, 2.45) is 21.8 Å². The smallest absolute Gasteiger partial charge is 0.247 e. The summed E-state index contributed by atoms with van der Waals surface area (Å²) in [6.45, 7) is 17.1. The fourth-order valence-corrected chi connectivity index (χ4v) is 4.17. The molecule has 35 heavy (non-hydrogen) atoms. The van der Waals surface area contributed by atoms with Crippen molar-refractivity contribution in [3.63, 3.8) is 0 Å². The standard InChI is InChI=1S/C28H45N5OS/c1-10-15-29-28(34-25(12-3)14-13-24(11-2)31-17-21(4)5)32-18-22(6)20-35-27-16-23(7)30-19-26(27)33(8)9/h10,12-17,19,21-22,24,28,32H,1,11,18,20H2,2-9H3. The average molecular weight is 500 g/mol. The van der Waals surface area contributed by atoms with Crippen molar-refractivity contribution in [2.75, 3.05) is 31.3 Å². The van der Waals surface area contributed by atoms with E-state index in [4.69, 9.17) is 4.74 Å². The van der Waals surface area contributed by atoms with Gasteiger partial charge in [-0.1, -0.05) is 46.4 Å². The molecule has 0 saturated heterocycles. The molecule has 194 valence electrons. The molecule has 0 aromatic carbocycles. The molecule has 0 radical (unpaired) electrons. The van der Waals surface area contributed by atoms with Gasteiger partial charge in [0.15, 0.2) is 0 Å². The van der Waals surface area contributed by atoms with Crippen molar-refractivity contribution >= 4 is 29.9 Å². The van der Waals surface area contributed by atoms with E-state index in [1.165, 1.54) is 4.90 Å². The lowest BCUT2D eigenvalue weighted by atomic mass is 10.2. The summed E-state index contributed by atoms with van der Waals surface area (Å²) in [5, 5.41) is 3.44. The number of thioether (sulfide) groups is 1. The Morgan fingerprint density at radius 3 is 2.63 bits per heavy atom. The van der Waals surface area contributed by atoms with E-state index in [1.807, 2.05) is 64.3 Å². The molecule has 3 atom stereocenters. The minimum atomic E-state index is -0.490. The minimum Gasteiger partial charge on any atom is -0.456 e. The van der Waals surface area contributed by atoms with Gasteiger partial charge in [-0.05, 0) is 50.3 Å². The maximum atomic E-state index is 6.15. The zero-order valence-electron chi connectivity index (χ0n) is 22.9. The van der Waals surface area contributed by atoms with Gasteiger partial charge in [-0.2, -0.15) is 0 Å². The number of ether oxygens (including phenoxy) is 1. The molecule has 0 aliphatic rings. The SMILES string of the molecule is C=CC=NC(NCC(C)CSc1cc(C)ncc1N(C)C)OC(C=CC(CC)N=CC(C)C)=CC. The summed E-state index contributed by atoms with van der Waals surface area (Å²) in [5.74, 6) is 2.58. The van der Waals surface area contributed by atoms with Crippen LogP contribution >= 0.6 is 11.8 Å². The van der Waals surface area contributed by atoms with Gasteiger partial charge in [-0.15, -0.1) is 11.8 Å². The molecule has 1 aromatic heterocycles. The molecule has 1 heterocycles. The Morgan fingerprint density at radius 1 is 1.29 bits per heavy atom. The first-order chi connectivity index (χ1) is 16.7. The summed E-state index contributed by atoms with van der Waals surface area (Å²) in [5.41, 5.74) is 2.17. The fraction of sp³-hybridized carbons (Fsp3) is 0.536. The Hall–Kier alpha value is -2.38. The van der Waals surface area contributed by atoms with E-state index in [2.05, 4.69) is 71.6 Å². The average Bonchev–Trinajstić information content (AvgIpc) is 2.82. The van der Waals surface area contributed by atoms with Crippen molar-refractivity contribution in [1.82, 2.24) is 10.3 Å². The van der Waals surface area contributed by atoms with Gasteiger partial charge in [0.1, 0.15) is 5.76 Å². The van der Waals surface area contributed by atoms with Crippen LogP contribution < -0.4 is 10.2 Å². The second kappa shape index (κ2) is 17.1. The van der Waals surface area contributed by atoms with E-state index < -0.39 is 6.35 Å². The molecule has 1 aromatic rings. The van der Waals surface area contributed by atoms with Crippen molar-refractivity contribution < 1.29 is 4.74 Å². The number of anilines is 1. The molecule has 0 bridgehead atoms. The van der Waals surface area contributed by atoms with E-state index in [0.29, 0.717) is 11.8 Å². The Bertz CT molecular complexity index is 876. The van der Waals surface area contributed by atoms with Gasteiger partial charge in [-0.3, -0.25) is 15.3 Å². The van der Waals surface area contributed by atoms with Crippen molar-refractivity contribution in [2.45, 2.75) is 65.3 Å². The Labute approximate surface area is 217 Å². The maximum Gasteiger partial charge on any atom is 0.247 e.